The molecule has 1 heterocycles. The first-order valence-corrected chi connectivity index (χ1v) is 6.32. The Morgan fingerprint density at radius 3 is 2.53 bits per heavy atom. The molecule has 0 aliphatic heterocycles. The van der Waals surface area contributed by atoms with Gasteiger partial charge in [0.2, 0.25) is 0 Å². The molecule has 0 fully saturated rings. The highest BCUT2D eigenvalue weighted by molar-refractivity contribution is 7.71. The monoisotopic (exact) mass is 267 g/mol. The first kappa shape index (κ1) is 12.3. The van der Waals surface area contributed by atoms with Crippen molar-refractivity contribution >= 4 is 23.8 Å². The second-order valence-electron chi connectivity index (χ2n) is 3.89. The number of nitrogens with zero attached hydrogens (tertiary/aromatic N) is 3. The smallest absolute Gasteiger partial charge is 0.197 e. The summed E-state index contributed by atoms with van der Waals surface area (Å²) in [6.07, 6.45) is 1.03. The van der Waals surface area contributed by atoms with E-state index in [4.69, 9.17) is 23.8 Å². The number of hydrogen-bond acceptors (Lipinski definition) is 2. The quantitative estimate of drug-likeness (QED) is 0.792. The third-order valence-corrected chi connectivity index (χ3v) is 3.29. The molecule has 2 rings (SSSR count). The van der Waals surface area contributed by atoms with E-state index in [1.807, 2.05) is 31.3 Å². The number of benzene rings is 1. The van der Waals surface area contributed by atoms with Gasteiger partial charge in [-0.1, -0.05) is 18.5 Å². The molecule has 0 saturated heterocycles. The van der Waals surface area contributed by atoms with Gasteiger partial charge >= 0.3 is 0 Å². The van der Waals surface area contributed by atoms with Crippen LogP contribution in [0.2, 0.25) is 5.02 Å². The SMILES string of the molecule is CCCn1c(-c2ccc(Cl)cc2)nn(C)c1=S. The van der Waals surface area contributed by atoms with Crippen molar-refractivity contribution in [2.45, 2.75) is 19.9 Å². The van der Waals surface area contributed by atoms with Gasteiger partial charge in [-0.25, -0.2) is 4.68 Å². The van der Waals surface area contributed by atoms with Crippen LogP contribution in [0.3, 0.4) is 0 Å². The molecule has 0 saturated carbocycles. The van der Waals surface area contributed by atoms with E-state index in [0.29, 0.717) is 0 Å². The standard InChI is InChI=1S/C12H14ClN3S/c1-3-8-16-11(14-15(2)12(16)17)9-4-6-10(13)7-5-9/h4-7H,3,8H2,1-2H3. The van der Waals surface area contributed by atoms with Crippen LogP contribution >= 0.6 is 23.8 Å². The minimum Gasteiger partial charge on any atom is -0.300 e. The van der Waals surface area contributed by atoms with Crippen LogP contribution in [0.25, 0.3) is 11.4 Å². The highest BCUT2D eigenvalue weighted by Gasteiger charge is 2.09. The Balaban J connectivity index is 2.54. The topological polar surface area (TPSA) is 22.8 Å². The van der Waals surface area contributed by atoms with Crippen molar-refractivity contribution in [1.29, 1.82) is 0 Å². The second-order valence-corrected chi connectivity index (χ2v) is 4.69. The summed E-state index contributed by atoms with van der Waals surface area (Å²) in [6.45, 7) is 3.01. The van der Waals surface area contributed by atoms with Crippen LogP contribution in [0.5, 0.6) is 0 Å². The predicted molar refractivity (Wildman–Crippen MR) is 72.8 cm³/mol. The van der Waals surface area contributed by atoms with Crippen molar-refractivity contribution in [3.63, 3.8) is 0 Å². The van der Waals surface area contributed by atoms with Gasteiger partial charge in [-0.3, -0.25) is 0 Å². The molecule has 0 N–H and O–H groups in total. The Labute approximate surface area is 111 Å². The van der Waals surface area contributed by atoms with Gasteiger partial charge in [-0.2, -0.15) is 5.10 Å². The van der Waals surface area contributed by atoms with Crippen LogP contribution < -0.4 is 0 Å². The highest BCUT2D eigenvalue weighted by atomic mass is 35.5. The number of halogens is 1. The normalized spacial score (nSPS) is 10.8. The van der Waals surface area contributed by atoms with Crippen molar-refractivity contribution in [2.24, 2.45) is 7.05 Å². The molecule has 0 atom stereocenters. The van der Waals surface area contributed by atoms with E-state index >= 15 is 0 Å². The van der Waals surface area contributed by atoms with E-state index in [1.54, 1.807) is 4.68 Å². The molecule has 1 aromatic carbocycles. The largest absolute Gasteiger partial charge is 0.300 e. The Morgan fingerprint density at radius 2 is 1.94 bits per heavy atom. The lowest BCUT2D eigenvalue weighted by atomic mass is 10.2. The summed E-state index contributed by atoms with van der Waals surface area (Å²) in [5.41, 5.74) is 1.04. The zero-order chi connectivity index (χ0) is 12.4. The first-order chi connectivity index (χ1) is 8.13. The van der Waals surface area contributed by atoms with Crippen molar-refractivity contribution in [3.8, 4) is 11.4 Å². The molecule has 0 aliphatic carbocycles. The molecule has 0 amide bonds. The Morgan fingerprint density at radius 1 is 1.29 bits per heavy atom. The molecule has 5 heteroatoms. The summed E-state index contributed by atoms with van der Waals surface area (Å²) < 4.78 is 4.53. The third kappa shape index (κ3) is 2.42. The maximum Gasteiger partial charge on any atom is 0.197 e. The molecule has 0 unspecified atom stereocenters. The molecule has 2 aromatic rings. The summed E-state index contributed by atoms with van der Waals surface area (Å²) in [7, 11) is 1.87. The fourth-order valence-electron chi connectivity index (χ4n) is 1.74. The molecule has 0 radical (unpaired) electrons. The van der Waals surface area contributed by atoms with Crippen LogP contribution in [-0.2, 0) is 13.6 Å². The van der Waals surface area contributed by atoms with E-state index in [1.165, 1.54) is 0 Å². The van der Waals surface area contributed by atoms with Crippen molar-refractivity contribution in [1.82, 2.24) is 14.3 Å². The lowest BCUT2D eigenvalue weighted by Gasteiger charge is -2.04. The molecule has 0 spiro atoms. The molecular weight excluding hydrogens is 254 g/mol. The summed E-state index contributed by atoms with van der Waals surface area (Å²) in [5, 5.41) is 5.19. The first-order valence-electron chi connectivity index (χ1n) is 5.53. The minimum atomic E-state index is 0.727. The molecule has 1 aromatic heterocycles. The zero-order valence-corrected chi connectivity index (χ0v) is 11.4. The zero-order valence-electron chi connectivity index (χ0n) is 9.85. The van der Waals surface area contributed by atoms with Gasteiger partial charge in [-0.05, 0) is 42.9 Å². The van der Waals surface area contributed by atoms with Crippen LogP contribution in [0.4, 0.5) is 0 Å². The van der Waals surface area contributed by atoms with E-state index in [9.17, 15) is 0 Å². The number of aromatic nitrogens is 3. The maximum atomic E-state index is 5.88. The van der Waals surface area contributed by atoms with E-state index in [-0.39, 0.29) is 0 Å². The summed E-state index contributed by atoms with van der Waals surface area (Å²) in [6, 6.07) is 7.66. The Kier molecular flexibility index (Phi) is 3.64. The average molecular weight is 268 g/mol. The fourth-order valence-corrected chi connectivity index (χ4v) is 2.09. The molecule has 17 heavy (non-hydrogen) atoms. The van der Waals surface area contributed by atoms with Gasteiger partial charge in [0, 0.05) is 24.2 Å². The van der Waals surface area contributed by atoms with E-state index in [0.717, 1.165) is 34.1 Å². The molecule has 0 aliphatic rings. The number of rotatable bonds is 3. The lowest BCUT2D eigenvalue weighted by molar-refractivity contribution is 0.656. The van der Waals surface area contributed by atoms with Gasteiger partial charge in [-0.15, -0.1) is 0 Å². The molecule has 90 valence electrons. The third-order valence-electron chi connectivity index (χ3n) is 2.56. The van der Waals surface area contributed by atoms with Crippen LogP contribution in [0, 0.1) is 4.77 Å². The average Bonchev–Trinajstić information content (AvgIpc) is 2.59. The predicted octanol–water partition coefficient (Wildman–Crippen LogP) is 3.68. The van der Waals surface area contributed by atoms with Crippen molar-refractivity contribution < 1.29 is 0 Å². The van der Waals surface area contributed by atoms with Gasteiger partial charge in [0.25, 0.3) is 0 Å². The number of aryl methyl sites for hydroxylation is 1. The summed E-state index contributed by atoms with van der Waals surface area (Å²) in [4.78, 5) is 0. The lowest BCUT2D eigenvalue weighted by Crippen LogP contribution is -2.00. The summed E-state index contributed by atoms with van der Waals surface area (Å²) in [5.74, 6) is 0.899. The summed E-state index contributed by atoms with van der Waals surface area (Å²) >= 11 is 11.2. The van der Waals surface area contributed by atoms with Crippen LogP contribution in [-0.4, -0.2) is 14.3 Å². The highest BCUT2D eigenvalue weighted by Crippen LogP contribution is 2.20. The van der Waals surface area contributed by atoms with Gasteiger partial charge < -0.3 is 4.57 Å². The molecule has 3 nitrogen and oxygen atoms in total. The molecule has 0 bridgehead atoms. The van der Waals surface area contributed by atoms with Gasteiger partial charge in [0.15, 0.2) is 10.6 Å². The Bertz CT molecular complexity index is 568. The van der Waals surface area contributed by atoms with Crippen LogP contribution in [0.15, 0.2) is 24.3 Å². The van der Waals surface area contributed by atoms with Gasteiger partial charge in [0.1, 0.15) is 0 Å². The van der Waals surface area contributed by atoms with Crippen LogP contribution in [0.1, 0.15) is 13.3 Å². The molecular formula is C12H14ClN3S. The van der Waals surface area contributed by atoms with E-state index < -0.39 is 0 Å². The van der Waals surface area contributed by atoms with Crippen molar-refractivity contribution in [2.75, 3.05) is 0 Å². The maximum absolute atomic E-state index is 5.88. The van der Waals surface area contributed by atoms with Gasteiger partial charge in [0.05, 0.1) is 0 Å². The van der Waals surface area contributed by atoms with E-state index in [2.05, 4.69) is 16.6 Å². The minimum absolute atomic E-state index is 0.727. The van der Waals surface area contributed by atoms with Crippen molar-refractivity contribution in [3.05, 3.63) is 34.1 Å². The second kappa shape index (κ2) is 5.02. The number of hydrogen-bond donors (Lipinski definition) is 0. The fraction of sp³-hybridized carbons (Fsp3) is 0.333. The Hall–Kier alpha value is -1.13.